The Balaban J connectivity index is 2.19. The van der Waals surface area contributed by atoms with Gasteiger partial charge in [-0.25, -0.2) is 18.6 Å². The molecule has 1 aromatic carbocycles. The van der Waals surface area contributed by atoms with Crippen molar-refractivity contribution in [2.75, 3.05) is 7.11 Å². The minimum absolute atomic E-state index is 0.239. The lowest BCUT2D eigenvalue weighted by molar-refractivity contribution is 0.169. The number of fused-ring (bicyclic) bond motifs is 1. The highest BCUT2D eigenvalue weighted by atomic mass is 32.2. The molecule has 0 atom stereocenters. The maximum atomic E-state index is 12.0. The van der Waals surface area contributed by atoms with Gasteiger partial charge in [0.15, 0.2) is 0 Å². The van der Waals surface area contributed by atoms with Gasteiger partial charge in [0.05, 0.1) is 12.0 Å². The van der Waals surface area contributed by atoms with Gasteiger partial charge in [-0.15, -0.1) is 4.83 Å². The smallest absolute Gasteiger partial charge is 0.422 e. The molecule has 0 radical (unpaired) electrons. The topological polar surface area (TPSA) is 84.5 Å². The van der Waals surface area contributed by atoms with Crippen molar-refractivity contribution in [2.45, 2.75) is 12.8 Å². The van der Waals surface area contributed by atoms with Crippen molar-refractivity contribution in [3.8, 4) is 0 Å². The first-order valence-electron chi connectivity index (χ1n) is 5.67. The van der Waals surface area contributed by atoms with Crippen LogP contribution in [0.25, 0.3) is 6.08 Å². The van der Waals surface area contributed by atoms with Gasteiger partial charge in [0, 0.05) is 0 Å². The first-order chi connectivity index (χ1) is 9.03. The molecule has 1 amide bonds. The zero-order valence-corrected chi connectivity index (χ0v) is 11.2. The Kier molecular flexibility index (Phi) is 3.87. The summed E-state index contributed by atoms with van der Waals surface area (Å²) in [4.78, 5) is 13.1. The van der Waals surface area contributed by atoms with E-state index in [1.54, 1.807) is 6.08 Å². The number of amides is 1. The molecule has 0 spiro atoms. The Hall–Kier alpha value is -1.86. The number of allylic oxidation sites excluding steroid dienone is 1. The molecule has 0 unspecified atom stereocenters. The first-order valence-corrected chi connectivity index (χ1v) is 7.15. The van der Waals surface area contributed by atoms with E-state index in [1.807, 2.05) is 34.5 Å². The minimum atomic E-state index is -3.73. The minimum Gasteiger partial charge on any atom is -0.452 e. The van der Waals surface area contributed by atoms with Gasteiger partial charge in [-0.05, 0) is 30.0 Å². The van der Waals surface area contributed by atoms with Crippen LogP contribution >= 0.6 is 0 Å². The summed E-state index contributed by atoms with van der Waals surface area (Å²) < 4.78 is 28.2. The van der Waals surface area contributed by atoms with E-state index in [1.165, 1.54) is 0 Å². The van der Waals surface area contributed by atoms with Crippen molar-refractivity contribution in [3.63, 3.8) is 0 Å². The van der Waals surface area contributed by atoms with E-state index in [-0.39, 0.29) is 4.91 Å². The summed E-state index contributed by atoms with van der Waals surface area (Å²) in [5.74, 6) is 0. The molecule has 7 heteroatoms. The summed E-state index contributed by atoms with van der Waals surface area (Å²) in [6, 6.07) is 7.60. The lowest BCUT2D eigenvalue weighted by atomic mass is 9.98. The molecule has 1 aromatic rings. The number of hydrazine groups is 1. The van der Waals surface area contributed by atoms with Crippen molar-refractivity contribution in [1.82, 2.24) is 10.3 Å². The zero-order chi connectivity index (χ0) is 13.9. The maximum Gasteiger partial charge on any atom is 0.422 e. The quantitative estimate of drug-likeness (QED) is 0.815. The summed E-state index contributed by atoms with van der Waals surface area (Å²) >= 11 is 0. The number of ether oxygens (including phenoxy) is 1. The third-order valence-corrected chi connectivity index (χ3v) is 4.21. The third kappa shape index (κ3) is 3.12. The number of hydrogen-bond donors (Lipinski definition) is 2. The molecule has 0 bridgehead atoms. The highest BCUT2D eigenvalue weighted by Gasteiger charge is 2.22. The number of aryl methyl sites for hydroxylation is 1. The lowest BCUT2D eigenvalue weighted by Crippen LogP contribution is -2.42. The molecule has 0 saturated heterocycles. The second-order valence-electron chi connectivity index (χ2n) is 4.03. The number of hydrogen-bond acceptors (Lipinski definition) is 4. The largest absolute Gasteiger partial charge is 0.452 e. The second kappa shape index (κ2) is 5.41. The third-order valence-electron chi connectivity index (χ3n) is 2.83. The monoisotopic (exact) mass is 282 g/mol. The van der Waals surface area contributed by atoms with Crippen LogP contribution in [0.4, 0.5) is 4.79 Å². The predicted octanol–water partition coefficient (Wildman–Crippen LogP) is 1.16. The molecular formula is C12H14N2O4S. The summed E-state index contributed by atoms with van der Waals surface area (Å²) in [6.07, 6.45) is 1.80. The molecule has 2 rings (SSSR count). The molecule has 2 N–H and O–H groups in total. The van der Waals surface area contributed by atoms with Gasteiger partial charge in [-0.1, -0.05) is 24.3 Å². The summed E-state index contributed by atoms with van der Waals surface area (Å²) in [5, 5.41) is 0. The summed E-state index contributed by atoms with van der Waals surface area (Å²) in [6.45, 7) is 0. The molecule has 0 heterocycles. The van der Waals surface area contributed by atoms with E-state index in [2.05, 4.69) is 4.74 Å². The Morgan fingerprint density at radius 3 is 2.74 bits per heavy atom. The van der Waals surface area contributed by atoms with Crippen molar-refractivity contribution >= 4 is 22.2 Å². The molecule has 1 aliphatic rings. The number of benzene rings is 1. The highest BCUT2D eigenvalue weighted by molar-refractivity contribution is 7.93. The van der Waals surface area contributed by atoms with Crippen molar-refractivity contribution in [3.05, 3.63) is 40.3 Å². The zero-order valence-electron chi connectivity index (χ0n) is 10.3. The lowest BCUT2D eigenvalue weighted by Gasteiger charge is -2.16. The average molecular weight is 282 g/mol. The number of nitrogens with one attached hydrogen (secondary N) is 2. The summed E-state index contributed by atoms with van der Waals surface area (Å²) in [5.41, 5.74) is 3.95. The number of carbonyl (C=O) groups excluding carboxylic acids is 1. The van der Waals surface area contributed by atoms with E-state index < -0.39 is 16.1 Å². The van der Waals surface area contributed by atoms with Gasteiger partial charge in [0.2, 0.25) is 0 Å². The van der Waals surface area contributed by atoms with Crippen molar-refractivity contribution < 1.29 is 17.9 Å². The van der Waals surface area contributed by atoms with E-state index in [0.29, 0.717) is 12.8 Å². The SMILES string of the molecule is COC(=O)NNS(=O)(=O)C1=Cc2ccccc2CC1. The van der Waals surface area contributed by atoms with Crippen LogP contribution in [0.5, 0.6) is 0 Å². The highest BCUT2D eigenvalue weighted by Crippen LogP contribution is 2.26. The molecule has 0 aliphatic heterocycles. The Bertz CT molecular complexity index is 622. The molecule has 0 fully saturated rings. The molecule has 0 saturated carbocycles. The Labute approximate surface area is 111 Å². The molecule has 0 aromatic heterocycles. The van der Waals surface area contributed by atoms with Crippen LogP contribution in [0.2, 0.25) is 0 Å². The molecule has 19 heavy (non-hydrogen) atoms. The van der Waals surface area contributed by atoms with Crippen LogP contribution < -0.4 is 10.3 Å². The van der Waals surface area contributed by atoms with Crippen LogP contribution in [0, 0.1) is 0 Å². The fraction of sp³-hybridized carbons (Fsp3) is 0.250. The second-order valence-corrected chi connectivity index (χ2v) is 5.77. The number of carbonyl (C=O) groups is 1. The number of sulfonamides is 1. The van der Waals surface area contributed by atoms with E-state index in [4.69, 9.17) is 0 Å². The molecular weight excluding hydrogens is 268 g/mol. The van der Waals surface area contributed by atoms with E-state index in [0.717, 1.165) is 18.2 Å². The first kappa shape index (κ1) is 13.6. The van der Waals surface area contributed by atoms with Crippen LogP contribution in [0.3, 0.4) is 0 Å². The average Bonchev–Trinajstić information content (AvgIpc) is 2.44. The number of methoxy groups -OCH3 is 1. The van der Waals surface area contributed by atoms with Gasteiger partial charge < -0.3 is 4.74 Å². The van der Waals surface area contributed by atoms with E-state index in [9.17, 15) is 13.2 Å². The van der Waals surface area contributed by atoms with Gasteiger partial charge >= 0.3 is 6.09 Å². The molecule has 6 nitrogen and oxygen atoms in total. The van der Waals surface area contributed by atoms with E-state index >= 15 is 0 Å². The van der Waals surface area contributed by atoms with Crippen molar-refractivity contribution in [2.24, 2.45) is 0 Å². The summed E-state index contributed by atoms with van der Waals surface area (Å²) in [7, 11) is -2.58. The van der Waals surface area contributed by atoms with Crippen LogP contribution in [-0.4, -0.2) is 21.6 Å². The molecule has 1 aliphatic carbocycles. The normalized spacial score (nSPS) is 14.3. The predicted molar refractivity (Wildman–Crippen MR) is 70.3 cm³/mol. The van der Waals surface area contributed by atoms with Gasteiger partial charge in [0.1, 0.15) is 0 Å². The van der Waals surface area contributed by atoms with Crippen LogP contribution in [0.1, 0.15) is 17.5 Å². The van der Waals surface area contributed by atoms with Gasteiger partial charge in [0.25, 0.3) is 10.0 Å². The Morgan fingerprint density at radius 2 is 2.00 bits per heavy atom. The van der Waals surface area contributed by atoms with Crippen molar-refractivity contribution in [1.29, 1.82) is 0 Å². The number of rotatable bonds is 3. The molecule has 102 valence electrons. The Morgan fingerprint density at radius 1 is 1.26 bits per heavy atom. The van der Waals surface area contributed by atoms with Gasteiger partial charge in [-0.2, -0.15) is 0 Å². The fourth-order valence-corrected chi connectivity index (χ4v) is 2.85. The van der Waals surface area contributed by atoms with Crippen LogP contribution in [0.15, 0.2) is 29.2 Å². The van der Waals surface area contributed by atoms with Crippen LogP contribution in [-0.2, 0) is 21.2 Å². The van der Waals surface area contributed by atoms with Gasteiger partial charge in [-0.3, -0.25) is 0 Å². The fourth-order valence-electron chi connectivity index (χ4n) is 1.84. The standard InChI is InChI=1S/C12H14N2O4S/c1-18-12(15)13-14-19(16,17)11-7-6-9-4-2-3-5-10(9)8-11/h2-5,8,14H,6-7H2,1H3,(H,13,15). The maximum absolute atomic E-state index is 12.0.